The maximum Gasteiger partial charge on any atom is 0.142 e. The molecule has 80 valence electrons. The van der Waals surface area contributed by atoms with Crippen molar-refractivity contribution in [3.8, 4) is 24.2 Å². The molecule has 0 aromatic rings. The maximum atomic E-state index is 5.40. The third-order valence-electron chi connectivity index (χ3n) is 2.56. The number of morpholine rings is 1. The summed E-state index contributed by atoms with van der Waals surface area (Å²) in [6, 6.07) is 0. The molecule has 0 saturated carbocycles. The molecule has 0 spiro atoms. The smallest absolute Gasteiger partial charge is 0.142 e. The quantitative estimate of drug-likeness (QED) is 0.482. The second kappa shape index (κ2) is 5.61. The number of quaternary nitrogens is 1. The fourth-order valence-electron chi connectivity index (χ4n) is 1.65. The third kappa shape index (κ3) is 3.80. The van der Waals surface area contributed by atoms with Crippen LogP contribution in [0.3, 0.4) is 0 Å². The average molecular weight is 204 g/mol. The van der Waals surface area contributed by atoms with E-state index in [1.54, 1.807) is 0 Å². The molecule has 0 unspecified atom stereocenters. The predicted octanol–water partition coefficient (Wildman–Crippen LogP) is 1.05. The van der Waals surface area contributed by atoms with E-state index in [0.29, 0.717) is 0 Å². The number of rotatable bonds is 2. The Morgan fingerprint density at radius 2 is 2.07 bits per heavy atom. The van der Waals surface area contributed by atoms with Gasteiger partial charge in [-0.25, -0.2) is 0 Å². The van der Waals surface area contributed by atoms with Crippen molar-refractivity contribution in [3.63, 3.8) is 0 Å². The molecule has 0 bridgehead atoms. The van der Waals surface area contributed by atoms with Crippen LogP contribution < -0.4 is 0 Å². The lowest BCUT2D eigenvalue weighted by Crippen LogP contribution is -2.55. The highest BCUT2D eigenvalue weighted by Gasteiger charge is 2.28. The van der Waals surface area contributed by atoms with Gasteiger partial charge in [-0.3, -0.25) is 4.48 Å². The van der Waals surface area contributed by atoms with E-state index in [0.717, 1.165) is 49.4 Å². The van der Waals surface area contributed by atoms with Gasteiger partial charge in [0.05, 0.1) is 13.2 Å². The van der Waals surface area contributed by atoms with Crippen LogP contribution in [0.25, 0.3) is 0 Å². The first-order valence-corrected chi connectivity index (χ1v) is 5.19. The number of hydrogen-bond acceptors (Lipinski definition) is 1. The first kappa shape index (κ1) is 11.9. The van der Waals surface area contributed by atoms with Gasteiger partial charge in [0.2, 0.25) is 0 Å². The van der Waals surface area contributed by atoms with Crippen molar-refractivity contribution in [2.75, 3.05) is 39.4 Å². The zero-order valence-electron chi connectivity index (χ0n) is 9.38. The van der Waals surface area contributed by atoms with Crippen LogP contribution in [-0.4, -0.2) is 43.9 Å². The van der Waals surface area contributed by atoms with Crippen LogP contribution in [0.5, 0.6) is 0 Å². The molecular weight excluding hydrogens is 186 g/mol. The molecular formula is C13H18NO+. The molecule has 0 aromatic carbocycles. The second-order valence-electron chi connectivity index (χ2n) is 4.00. The largest absolute Gasteiger partial charge is 0.370 e. The predicted molar refractivity (Wildman–Crippen MR) is 62.0 cm³/mol. The Morgan fingerprint density at radius 1 is 1.40 bits per heavy atom. The van der Waals surface area contributed by atoms with Gasteiger partial charge in [0, 0.05) is 0 Å². The fourth-order valence-corrected chi connectivity index (χ4v) is 1.65. The summed E-state index contributed by atoms with van der Waals surface area (Å²) >= 11 is 0. The van der Waals surface area contributed by atoms with Crippen molar-refractivity contribution < 1.29 is 9.22 Å². The summed E-state index contributed by atoms with van der Waals surface area (Å²) in [5.41, 5.74) is 0.905. The summed E-state index contributed by atoms with van der Waals surface area (Å²) in [4.78, 5) is 0. The lowest BCUT2D eigenvalue weighted by molar-refractivity contribution is -0.922. The van der Waals surface area contributed by atoms with Gasteiger partial charge in [0.15, 0.2) is 0 Å². The molecule has 1 heterocycles. The molecule has 1 aliphatic rings. The topological polar surface area (TPSA) is 9.23 Å². The van der Waals surface area contributed by atoms with Gasteiger partial charge in [-0.05, 0) is 24.3 Å². The number of terminal acetylenes is 1. The molecule has 0 aliphatic carbocycles. The highest BCUT2D eigenvalue weighted by molar-refractivity contribution is 5.23. The summed E-state index contributed by atoms with van der Waals surface area (Å²) in [5, 5.41) is 0. The minimum absolute atomic E-state index is 0.744. The van der Waals surface area contributed by atoms with E-state index in [1.165, 1.54) is 0 Å². The van der Waals surface area contributed by atoms with E-state index in [4.69, 9.17) is 11.2 Å². The van der Waals surface area contributed by atoms with Crippen molar-refractivity contribution in [3.05, 3.63) is 12.2 Å². The minimum atomic E-state index is 0.744. The second-order valence-corrected chi connectivity index (χ2v) is 4.00. The van der Waals surface area contributed by atoms with Gasteiger partial charge >= 0.3 is 0 Å². The Kier molecular flexibility index (Phi) is 4.43. The summed E-state index contributed by atoms with van der Waals surface area (Å²) in [6.45, 7) is 10.7. The van der Waals surface area contributed by atoms with Gasteiger partial charge in [0.1, 0.15) is 26.2 Å². The van der Waals surface area contributed by atoms with Gasteiger partial charge < -0.3 is 4.74 Å². The van der Waals surface area contributed by atoms with E-state index < -0.39 is 0 Å². The molecule has 0 atom stereocenters. The van der Waals surface area contributed by atoms with E-state index in [1.807, 2.05) is 6.92 Å². The van der Waals surface area contributed by atoms with Crippen molar-refractivity contribution in [2.24, 2.45) is 0 Å². The van der Waals surface area contributed by atoms with Gasteiger partial charge in [-0.2, -0.15) is 0 Å². The maximum absolute atomic E-state index is 5.40. The van der Waals surface area contributed by atoms with Gasteiger partial charge in [-0.1, -0.05) is 12.5 Å². The highest BCUT2D eigenvalue weighted by Crippen LogP contribution is 2.09. The van der Waals surface area contributed by atoms with Crippen LogP contribution in [0, 0.1) is 24.2 Å². The Balaban J connectivity index is 2.62. The molecule has 2 nitrogen and oxygen atoms in total. The van der Waals surface area contributed by atoms with Crippen LogP contribution in [0.15, 0.2) is 12.2 Å². The first-order valence-electron chi connectivity index (χ1n) is 5.19. The molecule has 15 heavy (non-hydrogen) atoms. The Bertz CT molecular complexity index is 321. The van der Waals surface area contributed by atoms with Crippen molar-refractivity contribution in [1.29, 1.82) is 0 Å². The molecule has 0 aromatic heterocycles. The Morgan fingerprint density at radius 3 is 2.60 bits per heavy atom. The number of nitrogens with zero attached hydrogens (tertiary/aromatic N) is 1. The molecule has 0 amide bonds. The van der Waals surface area contributed by atoms with Gasteiger partial charge in [0.25, 0.3) is 0 Å². The molecule has 0 radical (unpaired) electrons. The molecule has 1 fully saturated rings. The van der Waals surface area contributed by atoms with Crippen molar-refractivity contribution >= 4 is 0 Å². The lowest BCUT2D eigenvalue weighted by atomic mass is 10.2. The molecule has 1 rings (SSSR count). The normalized spacial score (nSPS) is 18.4. The summed E-state index contributed by atoms with van der Waals surface area (Å²) in [7, 11) is 0. The fraction of sp³-hybridized carbons (Fsp3) is 0.538. The minimum Gasteiger partial charge on any atom is -0.370 e. The number of ether oxygens (including phenoxy) is 1. The van der Waals surface area contributed by atoms with Crippen LogP contribution in [0.4, 0.5) is 0 Å². The SMILES string of the molecule is C#CC[N+]1(CC#CC(=C)C)CCOCC1. The third-order valence-corrected chi connectivity index (χ3v) is 2.56. The van der Waals surface area contributed by atoms with Crippen LogP contribution in [-0.2, 0) is 4.74 Å². The molecule has 1 aliphatic heterocycles. The average Bonchev–Trinajstić information content (AvgIpc) is 2.19. The van der Waals surface area contributed by atoms with Crippen molar-refractivity contribution in [2.45, 2.75) is 6.92 Å². The van der Waals surface area contributed by atoms with Gasteiger partial charge in [-0.15, -0.1) is 6.42 Å². The number of allylic oxidation sites excluding steroid dienone is 1. The zero-order chi connectivity index (χ0) is 11.1. The van der Waals surface area contributed by atoms with Crippen LogP contribution >= 0.6 is 0 Å². The standard InChI is InChI=1S/C13H18NO/c1-4-7-14(8-5-6-13(2)3)9-11-15-12-10-14/h1H,2,7-12H2,3H3/q+1. The van der Waals surface area contributed by atoms with E-state index in [-0.39, 0.29) is 0 Å². The van der Waals surface area contributed by atoms with Crippen molar-refractivity contribution in [1.82, 2.24) is 0 Å². The van der Waals surface area contributed by atoms with E-state index >= 15 is 0 Å². The summed E-state index contributed by atoms with van der Waals surface area (Å²) < 4.78 is 6.22. The molecule has 1 saturated heterocycles. The first-order chi connectivity index (χ1) is 7.18. The zero-order valence-corrected chi connectivity index (χ0v) is 9.38. The Hall–Kier alpha value is -1.22. The Labute approximate surface area is 92.5 Å². The summed E-state index contributed by atoms with van der Waals surface area (Å²) in [6.07, 6.45) is 5.40. The molecule has 0 N–H and O–H groups in total. The lowest BCUT2D eigenvalue weighted by Gasteiger charge is -2.38. The monoisotopic (exact) mass is 204 g/mol. The number of hydrogen-bond donors (Lipinski definition) is 0. The molecule has 2 heteroatoms. The summed E-state index contributed by atoms with van der Waals surface area (Å²) in [5.74, 6) is 8.90. The van der Waals surface area contributed by atoms with Crippen LogP contribution in [0.2, 0.25) is 0 Å². The van der Waals surface area contributed by atoms with E-state index in [2.05, 4.69) is 24.3 Å². The van der Waals surface area contributed by atoms with Crippen LogP contribution in [0.1, 0.15) is 6.92 Å². The van der Waals surface area contributed by atoms with E-state index in [9.17, 15) is 0 Å². The highest BCUT2D eigenvalue weighted by atomic mass is 16.5.